The van der Waals surface area contributed by atoms with Gasteiger partial charge >= 0.3 is 5.97 Å². The van der Waals surface area contributed by atoms with Crippen LogP contribution < -0.4 is 10.6 Å². The molecule has 0 spiro atoms. The molecule has 0 aromatic heterocycles. The van der Waals surface area contributed by atoms with Gasteiger partial charge in [-0.1, -0.05) is 18.2 Å². The van der Waals surface area contributed by atoms with Crippen molar-refractivity contribution in [2.75, 3.05) is 18.0 Å². The van der Waals surface area contributed by atoms with Gasteiger partial charge in [0.05, 0.1) is 0 Å². The molecule has 4 nitrogen and oxygen atoms in total. The molecule has 0 radical (unpaired) electrons. The first kappa shape index (κ1) is 12.9. The van der Waals surface area contributed by atoms with Gasteiger partial charge in [-0.2, -0.15) is 0 Å². The van der Waals surface area contributed by atoms with Crippen LogP contribution in [-0.2, 0) is 4.79 Å². The van der Waals surface area contributed by atoms with Crippen molar-refractivity contribution in [3.63, 3.8) is 0 Å². The summed E-state index contributed by atoms with van der Waals surface area (Å²) in [6.07, 6.45) is 0.992. The van der Waals surface area contributed by atoms with Crippen LogP contribution in [0.5, 0.6) is 0 Å². The molecule has 3 N–H and O–H groups in total. The van der Waals surface area contributed by atoms with Crippen molar-refractivity contribution < 1.29 is 9.90 Å². The molecule has 18 heavy (non-hydrogen) atoms. The Labute approximate surface area is 107 Å². The number of hydrogen-bond donors (Lipinski definition) is 2. The van der Waals surface area contributed by atoms with Gasteiger partial charge in [0.1, 0.15) is 5.54 Å². The van der Waals surface area contributed by atoms with Crippen molar-refractivity contribution in [3.8, 4) is 0 Å². The van der Waals surface area contributed by atoms with Crippen molar-refractivity contribution in [1.82, 2.24) is 0 Å². The van der Waals surface area contributed by atoms with Gasteiger partial charge in [-0.25, -0.2) is 0 Å². The summed E-state index contributed by atoms with van der Waals surface area (Å²) in [5, 5.41) is 9.12. The number of benzene rings is 1. The minimum Gasteiger partial charge on any atom is -0.480 e. The zero-order valence-corrected chi connectivity index (χ0v) is 10.9. The number of carbonyl (C=O) groups is 1. The minimum atomic E-state index is -1.05. The van der Waals surface area contributed by atoms with Crippen LogP contribution in [0.3, 0.4) is 0 Å². The van der Waals surface area contributed by atoms with Crippen LogP contribution in [0.4, 0.5) is 5.69 Å². The summed E-state index contributed by atoms with van der Waals surface area (Å²) < 4.78 is 0. The molecule has 1 aliphatic rings. The molecule has 4 heteroatoms. The number of carboxylic acids is 1. The monoisotopic (exact) mass is 248 g/mol. The average Bonchev–Trinajstić information content (AvgIpc) is 2.31. The fraction of sp³-hybridized carbons (Fsp3) is 0.500. The van der Waals surface area contributed by atoms with Crippen molar-refractivity contribution in [1.29, 1.82) is 0 Å². The molecule has 0 amide bonds. The molecule has 1 fully saturated rings. The molecule has 1 heterocycles. The summed E-state index contributed by atoms with van der Waals surface area (Å²) in [7, 11) is 0. The molecule has 0 saturated carbocycles. The molecule has 2 rings (SSSR count). The van der Waals surface area contributed by atoms with Crippen LogP contribution in [0.2, 0.25) is 0 Å². The summed E-state index contributed by atoms with van der Waals surface area (Å²) in [5.74, 6) is -0.886. The van der Waals surface area contributed by atoms with Crippen LogP contribution in [0.1, 0.15) is 24.0 Å². The second kappa shape index (κ2) is 4.61. The third kappa shape index (κ3) is 2.20. The van der Waals surface area contributed by atoms with Crippen molar-refractivity contribution in [2.24, 2.45) is 5.73 Å². The van der Waals surface area contributed by atoms with Crippen LogP contribution in [0.15, 0.2) is 18.2 Å². The van der Waals surface area contributed by atoms with E-state index in [4.69, 9.17) is 10.8 Å². The number of hydrogen-bond acceptors (Lipinski definition) is 3. The van der Waals surface area contributed by atoms with Gasteiger partial charge in [0.15, 0.2) is 0 Å². The highest BCUT2D eigenvalue weighted by Crippen LogP contribution is 2.29. The Morgan fingerprint density at radius 2 is 1.78 bits per heavy atom. The Hall–Kier alpha value is -1.55. The number of para-hydroxylation sites is 1. The fourth-order valence-electron chi connectivity index (χ4n) is 2.65. The summed E-state index contributed by atoms with van der Waals surface area (Å²) in [6, 6.07) is 6.22. The summed E-state index contributed by atoms with van der Waals surface area (Å²) in [5.41, 5.74) is 8.53. The molecular formula is C14H20N2O2. The van der Waals surface area contributed by atoms with Crippen LogP contribution >= 0.6 is 0 Å². The van der Waals surface area contributed by atoms with E-state index in [0.29, 0.717) is 25.9 Å². The average molecular weight is 248 g/mol. The molecule has 1 aromatic carbocycles. The number of aliphatic carboxylic acids is 1. The Morgan fingerprint density at radius 1 is 1.28 bits per heavy atom. The highest BCUT2D eigenvalue weighted by molar-refractivity contribution is 5.79. The van der Waals surface area contributed by atoms with E-state index >= 15 is 0 Å². The maximum atomic E-state index is 11.1. The van der Waals surface area contributed by atoms with Gasteiger partial charge in [0, 0.05) is 18.8 Å². The van der Waals surface area contributed by atoms with E-state index in [-0.39, 0.29) is 0 Å². The maximum Gasteiger partial charge on any atom is 0.323 e. The largest absolute Gasteiger partial charge is 0.480 e. The number of rotatable bonds is 2. The Morgan fingerprint density at radius 3 is 2.22 bits per heavy atom. The molecule has 98 valence electrons. The normalized spacial score (nSPS) is 18.7. The Bertz CT molecular complexity index is 443. The van der Waals surface area contributed by atoms with Crippen LogP contribution in [-0.4, -0.2) is 29.7 Å². The lowest BCUT2D eigenvalue weighted by molar-refractivity contribution is -0.144. The number of aryl methyl sites for hydroxylation is 2. The zero-order chi connectivity index (χ0) is 13.3. The van der Waals surface area contributed by atoms with E-state index in [2.05, 4.69) is 30.9 Å². The van der Waals surface area contributed by atoms with Gasteiger partial charge in [0.2, 0.25) is 0 Å². The van der Waals surface area contributed by atoms with Crippen molar-refractivity contribution >= 4 is 11.7 Å². The van der Waals surface area contributed by atoms with Crippen LogP contribution in [0.25, 0.3) is 0 Å². The number of carboxylic acid groups (broad SMARTS) is 1. The quantitative estimate of drug-likeness (QED) is 0.835. The highest BCUT2D eigenvalue weighted by Gasteiger charge is 2.38. The second-order valence-electron chi connectivity index (χ2n) is 5.19. The molecule has 0 aliphatic carbocycles. The van der Waals surface area contributed by atoms with Gasteiger partial charge < -0.3 is 15.7 Å². The number of nitrogens with zero attached hydrogens (tertiary/aromatic N) is 1. The molecule has 1 aromatic rings. The molecule has 0 bridgehead atoms. The van der Waals surface area contributed by atoms with Gasteiger partial charge in [0.25, 0.3) is 0 Å². The summed E-state index contributed by atoms with van der Waals surface area (Å²) in [6.45, 7) is 5.58. The standard InChI is InChI=1S/C14H20N2O2/c1-10-4-3-5-11(2)12(10)16-8-6-14(15,7-9-16)13(17)18/h3-5H,6-9,15H2,1-2H3,(H,17,18). The van der Waals surface area contributed by atoms with Gasteiger partial charge in [-0.05, 0) is 37.8 Å². The lowest BCUT2D eigenvalue weighted by Gasteiger charge is -2.38. The first-order valence-corrected chi connectivity index (χ1v) is 6.27. The predicted molar refractivity (Wildman–Crippen MR) is 71.9 cm³/mol. The lowest BCUT2D eigenvalue weighted by atomic mass is 9.88. The molecule has 1 aliphatic heterocycles. The molecule has 0 atom stereocenters. The number of nitrogens with two attached hydrogens (primary N) is 1. The number of piperidine rings is 1. The van der Waals surface area contributed by atoms with Crippen molar-refractivity contribution in [3.05, 3.63) is 29.3 Å². The third-order valence-electron chi connectivity index (χ3n) is 3.84. The predicted octanol–water partition coefficient (Wildman–Crippen LogP) is 1.69. The van der Waals surface area contributed by atoms with E-state index in [1.165, 1.54) is 16.8 Å². The topological polar surface area (TPSA) is 66.6 Å². The maximum absolute atomic E-state index is 11.1. The SMILES string of the molecule is Cc1cccc(C)c1N1CCC(N)(C(=O)O)CC1. The fourth-order valence-corrected chi connectivity index (χ4v) is 2.65. The molecular weight excluding hydrogens is 228 g/mol. The first-order valence-electron chi connectivity index (χ1n) is 6.27. The lowest BCUT2D eigenvalue weighted by Crippen LogP contribution is -2.55. The summed E-state index contributed by atoms with van der Waals surface area (Å²) >= 11 is 0. The van der Waals surface area contributed by atoms with E-state index in [9.17, 15) is 4.79 Å². The molecule has 1 saturated heterocycles. The number of anilines is 1. The van der Waals surface area contributed by atoms with Gasteiger partial charge in [-0.3, -0.25) is 4.79 Å². The van der Waals surface area contributed by atoms with E-state index < -0.39 is 11.5 Å². The smallest absolute Gasteiger partial charge is 0.323 e. The van der Waals surface area contributed by atoms with E-state index in [0.717, 1.165) is 0 Å². The first-order chi connectivity index (χ1) is 8.44. The minimum absolute atomic E-state index is 0.496. The van der Waals surface area contributed by atoms with Crippen molar-refractivity contribution in [2.45, 2.75) is 32.2 Å². The van der Waals surface area contributed by atoms with E-state index in [1.54, 1.807) is 0 Å². The zero-order valence-electron chi connectivity index (χ0n) is 10.9. The third-order valence-corrected chi connectivity index (χ3v) is 3.84. The highest BCUT2D eigenvalue weighted by atomic mass is 16.4. The van der Waals surface area contributed by atoms with Crippen LogP contribution in [0, 0.1) is 13.8 Å². The second-order valence-corrected chi connectivity index (χ2v) is 5.19. The van der Waals surface area contributed by atoms with E-state index in [1.807, 2.05) is 6.07 Å². The Balaban J connectivity index is 2.18. The Kier molecular flexibility index (Phi) is 3.30. The summed E-state index contributed by atoms with van der Waals surface area (Å²) in [4.78, 5) is 13.4. The van der Waals surface area contributed by atoms with Gasteiger partial charge in [-0.15, -0.1) is 0 Å². The molecule has 0 unspecified atom stereocenters.